The van der Waals surface area contributed by atoms with E-state index in [2.05, 4.69) is 0 Å². The molecule has 0 saturated carbocycles. The van der Waals surface area contributed by atoms with E-state index in [1.54, 1.807) is 44.4 Å². The van der Waals surface area contributed by atoms with E-state index in [4.69, 9.17) is 23.9 Å². The van der Waals surface area contributed by atoms with Crippen LogP contribution in [0.4, 0.5) is 0 Å². The Labute approximate surface area is 275 Å². The fourth-order valence-corrected chi connectivity index (χ4v) is 6.79. The lowest BCUT2D eigenvalue weighted by Gasteiger charge is -2.26. The number of hydrogen-bond donors (Lipinski definition) is 0. The van der Waals surface area contributed by atoms with Crippen LogP contribution >= 0.6 is 11.3 Å². The van der Waals surface area contributed by atoms with Crippen LogP contribution in [0.5, 0.6) is 17.2 Å². The molecule has 1 saturated heterocycles. The largest absolute Gasteiger partial charge is 0.493 e. The van der Waals surface area contributed by atoms with E-state index in [0.29, 0.717) is 37.8 Å². The first-order chi connectivity index (χ1) is 22.9. The zero-order chi connectivity index (χ0) is 32.9. The van der Waals surface area contributed by atoms with E-state index in [1.165, 1.54) is 23.0 Å². The molecule has 0 aliphatic carbocycles. The average molecular weight is 654 g/mol. The molecule has 242 valence electrons. The molecule has 6 rings (SSSR count). The molecule has 2 aliphatic rings. The van der Waals surface area contributed by atoms with Gasteiger partial charge in [0.1, 0.15) is 5.75 Å². The number of carbonyl (C=O) groups is 2. The first kappa shape index (κ1) is 31.8. The predicted molar refractivity (Wildman–Crippen MR) is 178 cm³/mol. The van der Waals surface area contributed by atoms with Crippen LogP contribution in [0.3, 0.4) is 0 Å². The summed E-state index contributed by atoms with van der Waals surface area (Å²) >= 11 is 1.24. The molecule has 3 heterocycles. The molecule has 0 N–H and O–H groups in total. The maximum absolute atomic E-state index is 14.2. The Morgan fingerprint density at radius 1 is 0.957 bits per heavy atom. The van der Waals surface area contributed by atoms with Gasteiger partial charge in [0.2, 0.25) is 0 Å². The van der Waals surface area contributed by atoms with Gasteiger partial charge in [0.25, 0.3) is 11.5 Å². The van der Waals surface area contributed by atoms with Crippen molar-refractivity contribution in [3.63, 3.8) is 0 Å². The maximum atomic E-state index is 14.2. The number of fused-ring (bicyclic) bond motifs is 1. The molecule has 47 heavy (non-hydrogen) atoms. The molecule has 2 aliphatic heterocycles. The van der Waals surface area contributed by atoms with Crippen LogP contribution in [0.15, 0.2) is 88.2 Å². The average Bonchev–Trinajstić information content (AvgIpc) is 3.76. The number of amides is 1. The molecule has 0 radical (unpaired) electrons. The van der Waals surface area contributed by atoms with Gasteiger partial charge in [-0.1, -0.05) is 59.9 Å². The minimum atomic E-state index is -0.855. The Hall–Kier alpha value is -5.16. The number of rotatable bonds is 10. The second-order valence-corrected chi connectivity index (χ2v) is 12.0. The molecule has 0 bridgehead atoms. The van der Waals surface area contributed by atoms with Gasteiger partial charge in [-0.25, -0.2) is 9.79 Å². The van der Waals surface area contributed by atoms with Crippen LogP contribution in [-0.4, -0.2) is 61.9 Å². The van der Waals surface area contributed by atoms with E-state index < -0.39 is 12.0 Å². The molecule has 1 fully saturated rings. The van der Waals surface area contributed by atoms with E-state index in [-0.39, 0.29) is 30.3 Å². The number of esters is 1. The number of nitrogens with zero attached hydrogens (tertiary/aromatic N) is 3. The van der Waals surface area contributed by atoms with E-state index >= 15 is 0 Å². The van der Waals surface area contributed by atoms with Gasteiger partial charge in [-0.15, -0.1) is 0 Å². The van der Waals surface area contributed by atoms with Crippen LogP contribution in [-0.2, 0) is 14.3 Å². The van der Waals surface area contributed by atoms with Crippen molar-refractivity contribution < 1.29 is 28.5 Å². The zero-order valence-corrected chi connectivity index (χ0v) is 27.2. The Kier molecular flexibility index (Phi) is 9.53. The molecule has 1 atom stereocenters. The molecule has 1 aromatic heterocycles. The van der Waals surface area contributed by atoms with Crippen molar-refractivity contribution in [2.45, 2.75) is 25.8 Å². The molecular weight excluding hydrogens is 618 g/mol. The molecule has 0 spiro atoms. The molecule has 3 aromatic carbocycles. The number of thiazole rings is 1. The number of benzene rings is 3. The standard InChI is InChI=1S/C36H35N3O7S/c1-4-45-35(42)31-32(24-10-6-5-7-11-24)37-36-39(33(31)25-14-17-27(43-2)28(21-25)44-3)34(41)29(47-36)20-23-12-15-26(16-13-23)46-22-30(40)38-18-8-9-19-38/h5-7,10-17,20-21,33H,4,8-9,18-19,22H2,1-3H3/b29-20+/t33-/m1/s1. The normalized spacial score (nSPS) is 16.0. The van der Waals surface area contributed by atoms with Crippen molar-refractivity contribution >= 4 is 35.0 Å². The number of hydrogen-bond acceptors (Lipinski definition) is 9. The van der Waals surface area contributed by atoms with E-state index in [1.807, 2.05) is 53.4 Å². The highest BCUT2D eigenvalue weighted by Crippen LogP contribution is 2.38. The Bertz CT molecular complexity index is 1990. The topological polar surface area (TPSA) is 109 Å². The number of methoxy groups -OCH3 is 2. The van der Waals surface area contributed by atoms with Crippen molar-refractivity contribution in [3.05, 3.63) is 115 Å². The lowest BCUT2D eigenvalue weighted by atomic mass is 9.93. The van der Waals surface area contributed by atoms with Gasteiger partial charge in [0.05, 0.1) is 42.7 Å². The highest BCUT2D eigenvalue weighted by Gasteiger charge is 2.35. The van der Waals surface area contributed by atoms with Crippen molar-refractivity contribution in [1.29, 1.82) is 0 Å². The predicted octanol–water partition coefficient (Wildman–Crippen LogP) is 3.95. The van der Waals surface area contributed by atoms with Gasteiger partial charge in [-0.3, -0.25) is 14.2 Å². The third kappa shape index (κ3) is 6.57. The summed E-state index contributed by atoms with van der Waals surface area (Å²) in [5.74, 6) is 0.951. The SMILES string of the molecule is CCOC(=O)C1=C(c2ccccc2)N=c2s/c(=C/c3ccc(OCC(=O)N4CCCC4)cc3)c(=O)n2[C@@H]1c1ccc(OC)c(OC)c1. The smallest absolute Gasteiger partial charge is 0.338 e. The Morgan fingerprint density at radius 2 is 1.68 bits per heavy atom. The quantitative estimate of drug-likeness (QED) is 0.239. The van der Waals surface area contributed by atoms with Gasteiger partial charge in [-0.05, 0) is 61.2 Å². The van der Waals surface area contributed by atoms with E-state index in [9.17, 15) is 14.4 Å². The Balaban J connectivity index is 1.44. The zero-order valence-electron chi connectivity index (χ0n) is 26.4. The van der Waals surface area contributed by atoms with Crippen LogP contribution in [0, 0.1) is 0 Å². The molecule has 11 heteroatoms. The molecular formula is C36H35N3O7S. The number of aromatic nitrogens is 1. The van der Waals surface area contributed by atoms with Crippen LogP contribution in [0.1, 0.15) is 42.5 Å². The second kappa shape index (κ2) is 14.1. The number of carbonyl (C=O) groups excluding carboxylic acids is 2. The third-order valence-corrected chi connectivity index (χ3v) is 9.08. The second-order valence-electron chi connectivity index (χ2n) is 11.0. The summed E-state index contributed by atoms with van der Waals surface area (Å²) in [5.41, 5.74) is 2.49. The lowest BCUT2D eigenvalue weighted by Crippen LogP contribution is -2.40. The first-order valence-corrected chi connectivity index (χ1v) is 16.2. The minimum absolute atomic E-state index is 0.0133. The highest BCUT2D eigenvalue weighted by molar-refractivity contribution is 7.07. The fourth-order valence-electron chi connectivity index (χ4n) is 5.79. The molecule has 4 aromatic rings. The molecule has 1 amide bonds. The summed E-state index contributed by atoms with van der Waals surface area (Å²) in [6.07, 6.45) is 3.84. The van der Waals surface area contributed by atoms with Crippen molar-refractivity contribution in [1.82, 2.24) is 9.47 Å². The summed E-state index contributed by atoms with van der Waals surface area (Å²) < 4.78 is 24.3. The molecule has 0 unspecified atom stereocenters. The highest BCUT2D eigenvalue weighted by atomic mass is 32.1. The number of ether oxygens (including phenoxy) is 4. The van der Waals surface area contributed by atoms with E-state index in [0.717, 1.165) is 37.1 Å². The summed E-state index contributed by atoms with van der Waals surface area (Å²) in [6.45, 7) is 3.43. The third-order valence-electron chi connectivity index (χ3n) is 8.10. The van der Waals surface area contributed by atoms with Crippen molar-refractivity contribution in [3.8, 4) is 17.2 Å². The lowest BCUT2D eigenvalue weighted by molar-refractivity contribution is -0.139. The molecule has 10 nitrogen and oxygen atoms in total. The number of likely N-dealkylation sites (tertiary alicyclic amines) is 1. The maximum Gasteiger partial charge on any atom is 0.338 e. The van der Waals surface area contributed by atoms with Crippen molar-refractivity contribution in [2.75, 3.05) is 40.5 Å². The van der Waals surface area contributed by atoms with Crippen LogP contribution in [0.25, 0.3) is 11.8 Å². The summed E-state index contributed by atoms with van der Waals surface area (Å²) in [6, 6.07) is 21.1. The van der Waals surface area contributed by atoms with Gasteiger partial charge >= 0.3 is 5.97 Å². The van der Waals surface area contributed by atoms with Crippen LogP contribution < -0.4 is 29.1 Å². The Morgan fingerprint density at radius 3 is 2.36 bits per heavy atom. The minimum Gasteiger partial charge on any atom is -0.493 e. The monoisotopic (exact) mass is 653 g/mol. The van der Waals surface area contributed by atoms with Crippen LogP contribution in [0.2, 0.25) is 0 Å². The summed E-state index contributed by atoms with van der Waals surface area (Å²) in [5, 5.41) is 0. The summed E-state index contributed by atoms with van der Waals surface area (Å²) in [7, 11) is 3.08. The fraction of sp³-hybridized carbons (Fsp3) is 0.278. The summed E-state index contributed by atoms with van der Waals surface area (Å²) in [4.78, 5) is 47.4. The van der Waals surface area contributed by atoms with Gasteiger partial charge in [-0.2, -0.15) is 0 Å². The van der Waals surface area contributed by atoms with Gasteiger partial charge < -0.3 is 23.8 Å². The van der Waals surface area contributed by atoms with Gasteiger partial charge in [0, 0.05) is 18.7 Å². The van der Waals surface area contributed by atoms with Crippen molar-refractivity contribution in [2.24, 2.45) is 4.99 Å². The first-order valence-electron chi connectivity index (χ1n) is 15.4. The van der Waals surface area contributed by atoms with Gasteiger partial charge in [0.15, 0.2) is 22.9 Å².